The van der Waals surface area contributed by atoms with E-state index in [0.717, 1.165) is 24.4 Å². The number of hydrogen-bond donors (Lipinski definition) is 0. The van der Waals surface area contributed by atoms with Crippen LogP contribution in [0.1, 0.15) is 131 Å². The molecule has 1 aromatic rings. The Morgan fingerprint density at radius 2 is 1.28 bits per heavy atom. The van der Waals surface area contributed by atoms with Gasteiger partial charge in [0.05, 0.1) is 10.7 Å². The predicted octanol–water partition coefficient (Wildman–Crippen LogP) is 11.4. The highest BCUT2D eigenvalue weighted by molar-refractivity contribution is 7.58. The molecule has 4 heteroatoms. The SMILES string of the molecule is C/C=C\C1=C(C)C2(C)CCCCCCCCCCCCCCCC(C)(C)P(Oc3ccccc3)(=N2)O1. The van der Waals surface area contributed by atoms with Crippen LogP contribution in [0.2, 0.25) is 0 Å². The molecule has 2 atom stereocenters. The molecule has 0 spiro atoms. The lowest BCUT2D eigenvalue weighted by Gasteiger charge is -2.45. The molecule has 0 radical (unpaired) electrons. The summed E-state index contributed by atoms with van der Waals surface area (Å²) in [4.78, 5) is 0. The Bertz CT molecular complexity index is 917. The van der Waals surface area contributed by atoms with E-state index in [1.54, 1.807) is 0 Å². The summed E-state index contributed by atoms with van der Waals surface area (Å²) in [7, 11) is -2.66. The number of nitrogens with zero attached hydrogens (tertiary/aromatic N) is 1. The second-order valence-electron chi connectivity index (χ2n) is 11.8. The lowest BCUT2D eigenvalue weighted by atomic mass is 9.87. The van der Waals surface area contributed by atoms with Gasteiger partial charge in [-0.25, -0.2) is 4.74 Å². The Kier molecular flexibility index (Phi) is 11.2. The Hall–Kier alpha value is -1.47. The van der Waals surface area contributed by atoms with Gasteiger partial charge in [-0.15, -0.1) is 0 Å². The van der Waals surface area contributed by atoms with Gasteiger partial charge in [-0.05, 0) is 71.2 Å². The van der Waals surface area contributed by atoms with Crippen molar-refractivity contribution in [3.8, 4) is 5.75 Å². The summed E-state index contributed by atoms with van der Waals surface area (Å²) >= 11 is 0. The molecule has 1 aromatic carbocycles. The summed E-state index contributed by atoms with van der Waals surface area (Å²) in [5.74, 6) is 1.83. The van der Waals surface area contributed by atoms with E-state index >= 15 is 0 Å². The van der Waals surface area contributed by atoms with Crippen LogP contribution < -0.4 is 4.52 Å². The Morgan fingerprint density at radius 1 is 0.778 bits per heavy atom. The van der Waals surface area contributed by atoms with Gasteiger partial charge in [-0.3, -0.25) is 0 Å². The predicted molar refractivity (Wildman–Crippen MR) is 157 cm³/mol. The van der Waals surface area contributed by atoms with Crippen molar-refractivity contribution in [2.75, 3.05) is 0 Å². The molecule has 2 unspecified atom stereocenters. The average molecular weight is 514 g/mol. The highest BCUT2D eigenvalue weighted by atomic mass is 31.2. The molecule has 202 valence electrons. The van der Waals surface area contributed by atoms with E-state index in [-0.39, 0.29) is 10.7 Å². The fourth-order valence-corrected chi connectivity index (χ4v) is 8.58. The molecule has 36 heavy (non-hydrogen) atoms. The molecule has 2 aliphatic rings. The molecule has 0 saturated carbocycles. The van der Waals surface area contributed by atoms with Crippen molar-refractivity contribution in [2.24, 2.45) is 4.74 Å². The summed E-state index contributed by atoms with van der Waals surface area (Å²) < 4.78 is 19.5. The monoisotopic (exact) mass is 513 g/mol. The van der Waals surface area contributed by atoms with E-state index < -0.39 is 7.51 Å². The van der Waals surface area contributed by atoms with Gasteiger partial charge in [0.1, 0.15) is 11.5 Å². The molecule has 0 amide bonds. The Labute approximate surface area is 222 Å². The maximum atomic E-state index is 6.95. The summed E-state index contributed by atoms with van der Waals surface area (Å²) in [5, 5.41) is -0.180. The van der Waals surface area contributed by atoms with Gasteiger partial charge in [0, 0.05) is 0 Å². The summed E-state index contributed by atoms with van der Waals surface area (Å²) in [6.07, 6.45) is 23.8. The molecular weight excluding hydrogens is 461 g/mol. The van der Waals surface area contributed by atoms with Crippen LogP contribution in [-0.4, -0.2) is 10.7 Å². The molecule has 3 nitrogen and oxygen atoms in total. The lowest BCUT2D eigenvalue weighted by Crippen LogP contribution is -2.34. The average Bonchev–Trinajstić information content (AvgIpc) is 2.85. The highest BCUT2D eigenvalue weighted by Gasteiger charge is 2.49. The third kappa shape index (κ3) is 7.77. The third-order valence-electron chi connectivity index (χ3n) is 8.26. The van der Waals surface area contributed by atoms with Crippen molar-refractivity contribution in [2.45, 2.75) is 142 Å². The zero-order valence-electron chi connectivity index (χ0n) is 23.9. The summed E-state index contributed by atoms with van der Waals surface area (Å²) in [6.45, 7) is 11.3. The summed E-state index contributed by atoms with van der Waals surface area (Å²) in [6, 6.07) is 10.2. The molecule has 0 fully saturated rings. The molecule has 0 N–H and O–H groups in total. The van der Waals surface area contributed by atoms with Gasteiger partial charge in [0.25, 0.3) is 0 Å². The summed E-state index contributed by atoms with van der Waals surface area (Å²) in [5.41, 5.74) is 0.977. The quantitative estimate of drug-likeness (QED) is 0.376. The number of fused-ring (bicyclic) bond motifs is 1. The van der Waals surface area contributed by atoms with Crippen LogP contribution in [0.25, 0.3) is 0 Å². The number of rotatable bonds is 3. The van der Waals surface area contributed by atoms with Crippen molar-refractivity contribution in [3.63, 3.8) is 0 Å². The zero-order chi connectivity index (χ0) is 25.9. The molecule has 3 rings (SSSR count). The van der Waals surface area contributed by atoms with Crippen molar-refractivity contribution < 1.29 is 9.05 Å². The number of benzene rings is 1. The zero-order valence-corrected chi connectivity index (χ0v) is 24.8. The minimum Gasteiger partial charge on any atom is -0.430 e. The molecular formula is C32H52NO2P. The number of hydrogen-bond acceptors (Lipinski definition) is 3. The van der Waals surface area contributed by atoms with E-state index in [1.165, 1.54) is 89.0 Å². The highest BCUT2D eigenvalue weighted by Crippen LogP contribution is 2.69. The standard InChI is InChI=1S/C32H52NO2P/c1-6-23-30-28(2)32(5)27-22-17-15-13-11-9-7-8-10-12-14-16-21-26-31(3,4)36(33-32,35-30)34-29-24-19-18-20-25-29/h6,18-20,23-25H,7-17,21-22,26-27H2,1-5H3/b23-6-. The third-order valence-corrected chi connectivity index (χ3v) is 11.6. The van der Waals surface area contributed by atoms with Gasteiger partial charge in [0.2, 0.25) is 0 Å². The van der Waals surface area contributed by atoms with E-state index in [9.17, 15) is 0 Å². The van der Waals surface area contributed by atoms with E-state index in [2.05, 4.69) is 58.9 Å². The van der Waals surface area contributed by atoms with Crippen LogP contribution in [0.15, 0.2) is 58.6 Å². The maximum Gasteiger partial charge on any atom is 0.320 e. The van der Waals surface area contributed by atoms with Crippen LogP contribution in [0.3, 0.4) is 0 Å². The van der Waals surface area contributed by atoms with E-state index in [4.69, 9.17) is 13.8 Å². The smallest absolute Gasteiger partial charge is 0.320 e. The van der Waals surface area contributed by atoms with Crippen LogP contribution >= 0.6 is 7.51 Å². The second-order valence-corrected chi connectivity index (χ2v) is 14.6. The minimum absolute atomic E-state index is 0.180. The lowest BCUT2D eigenvalue weighted by molar-refractivity contribution is 0.318. The fraction of sp³-hybridized carbons (Fsp3) is 0.688. The normalized spacial score (nSPS) is 29.4. The molecule has 0 saturated heterocycles. The maximum absolute atomic E-state index is 6.95. The second kappa shape index (κ2) is 13.9. The van der Waals surface area contributed by atoms with E-state index in [0.29, 0.717) is 0 Å². The number of para-hydroxylation sites is 1. The first-order valence-electron chi connectivity index (χ1n) is 14.7. The van der Waals surface area contributed by atoms with Crippen molar-refractivity contribution in [1.82, 2.24) is 0 Å². The largest absolute Gasteiger partial charge is 0.430 e. The number of allylic oxidation sites excluding steroid dienone is 2. The first kappa shape index (κ1) is 29.1. The van der Waals surface area contributed by atoms with Crippen LogP contribution in [0.4, 0.5) is 0 Å². The fourth-order valence-electron chi connectivity index (χ4n) is 5.56. The molecule has 0 aliphatic carbocycles. The first-order valence-corrected chi connectivity index (χ1v) is 16.3. The van der Waals surface area contributed by atoms with Crippen LogP contribution in [0, 0.1) is 0 Å². The molecule has 2 heterocycles. The van der Waals surface area contributed by atoms with Gasteiger partial charge >= 0.3 is 7.51 Å². The van der Waals surface area contributed by atoms with Gasteiger partial charge in [0.15, 0.2) is 0 Å². The Morgan fingerprint density at radius 3 is 1.81 bits per heavy atom. The van der Waals surface area contributed by atoms with E-state index in [1.807, 2.05) is 18.2 Å². The van der Waals surface area contributed by atoms with Gasteiger partial charge in [-0.2, -0.15) is 0 Å². The first-order chi connectivity index (χ1) is 17.3. The van der Waals surface area contributed by atoms with Crippen molar-refractivity contribution in [1.29, 1.82) is 0 Å². The Balaban J connectivity index is 1.99. The van der Waals surface area contributed by atoms with Gasteiger partial charge in [-0.1, -0.05) is 108 Å². The molecule has 2 aliphatic heterocycles. The van der Waals surface area contributed by atoms with Crippen molar-refractivity contribution in [3.05, 3.63) is 53.8 Å². The minimum atomic E-state index is -2.66. The van der Waals surface area contributed by atoms with Gasteiger partial charge < -0.3 is 9.05 Å². The molecule has 0 aromatic heterocycles. The van der Waals surface area contributed by atoms with Crippen LogP contribution in [-0.2, 0) is 4.52 Å². The van der Waals surface area contributed by atoms with Crippen molar-refractivity contribution >= 4 is 7.51 Å². The van der Waals surface area contributed by atoms with Crippen LogP contribution in [0.5, 0.6) is 5.75 Å². The topological polar surface area (TPSA) is 30.8 Å². The molecule has 2 bridgehead atoms.